The van der Waals surface area contributed by atoms with Crippen molar-refractivity contribution in [2.75, 3.05) is 13.7 Å². The lowest BCUT2D eigenvalue weighted by molar-refractivity contribution is 0.414. The Kier molecular flexibility index (Phi) is 5.45. The summed E-state index contributed by atoms with van der Waals surface area (Å²) in [5.41, 5.74) is 2.41. The smallest absolute Gasteiger partial charge is 0.120 e. The average molecular weight is 290 g/mol. The van der Waals surface area contributed by atoms with Gasteiger partial charge in [0.25, 0.3) is 0 Å². The molecule has 0 fully saturated rings. The van der Waals surface area contributed by atoms with Crippen LogP contribution in [0.4, 0.5) is 0 Å². The quantitative estimate of drug-likeness (QED) is 0.859. The maximum Gasteiger partial charge on any atom is 0.120 e. The topological polar surface area (TPSA) is 21.3 Å². The zero-order chi connectivity index (χ0) is 14.4. The van der Waals surface area contributed by atoms with Crippen LogP contribution in [0.3, 0.4) is 0 Å². The zero-order valence-corrected chi connectivity index (χ0v) is 12.7. The second-order valence-electron chi connectivity index (χ2n) is 4.69. The molecule has 1 N–H and O–H groups in total. The minimum atomic E-state index is 0.209. The van der Waals surface area contributed by atoms with Crippen LogP contribution in [0.25, 0.3) is 0 Å². The van der Waals surface area contributed by atoms with E-state index in [4.69, 9.17) is 16.3 Å². The van der Waals surface area contributed by atoms with E-state index in [1.807, 2.05) is 24.3 Å². The van der Waals surface area contributed by atoms with Crippen molar-refractivity contribution in [3.63, 3.8) is 0 Å². The molecule has 0 aromatic heterocycles. The summed E-state index contributed by atoms with van der Waals surface area (Å²) in [4.78, 5) is 0. The average Bonchev–Trinajstić information content (AvgIpc) is 2.48. The van der Waals surface area contributed by atoms with Crippen LogP contribution < -0.4 is 10.1 Å². The van der Waals surface area contributed by atoms with Crippen molar-refractivity contribution in [1.82, 2.24) is 5.32 Å². The molecule has 0 aliphatic rings. The predicted molar refractivity (Wildman–Crippen MR) is 84.6 cm³/mol. The summed E-state index contributed by atoms with van der Waals surface area (Å²) in [5, 5.41) is 4.24. The molecule has 0 radical (unpaired) electrons. The fourth-order valence-corrected chi connectivity index (χ4v) is 2.61. The highest BCUT2D eigenvalue weighted by molar-refractivity contribution is 6.31. The maximum absolute atomic E-state index is 6.38. The van der Waals surface area contributed by atoms with Gasteiger partial charge >= 0.3 is 0 Å². The third-order valence-electron chi connectivity index (χ3n) is 3.32. The highest BCUT2D eigenvalue weighted by Gasteiger charge is 2.15. The number of methoxy groups -OCH3 is 1. The van der Waals surface area contributed by atoms with Crippen molar-refractivity contribution >= 4 is 11.6 Å². The molecule has 0 heterocycles. The molecule has 0 aliphatic heterocycles. The summed E-state index contributed by atoms with van der Waals surface area (Å²) in [5.74, 6) is 0.786. The zero-order valence-electron chi connectivity index (χ0n) is 11.9. The first-order chi connectivity index (χ1) is 9.74. The van der Waals surface area contributed by atoms with E-state index in [1.165, 1.54) is 5.56 Å². The van der Waals surface area contributed by atoms with E-state index in [-0.39, 0.29) is 6.04 Å². The molecule has 2 rings (SSSR count). The molecule has 0 aliphatic carbocycles. The molecule has 0 saturated carbocycles. The molecule has 0 saturated heterocycles. The number of halogens is 1. The molecule has 0 spiro atoms. The molecular weight excluding hydrogens is 270 g/mol. The number of ether oxygens (including phenoxy) is 1. The summed E-state index contributed by atoms with van der Waals surface area (Å²) in [6.45, 7) is 3.01. The predicted octanol–water partition coefficient (Wildman–Crippen LogP) is 4.24. The van der Waals surface area contributed by atoms with Crippen molar-refractivity contribution in [1.29, 1.82) is 0 Å². The monoisotopic (exact) mass is 289 g/mol. The van der Waals surface area contributed by atoms with Gasteiger partial charge in [-0.2, -0.15) is 0 Å². The third-order valence-corrected chi connectivity index (χ3v) is 3.64. The number of likely N-dealkylation sites (N-methyl/N-ethyl adjacent to an activating group) is 1. The van der Waals surface area contributed by atoms with Crippen molar-refractivity contribution < 1.29 is 4.74 Å². The van der Waals surface area contributed by atoms with Gasteiger partial charge in [0.05, 0.1) is 7.11 Å². The van der Waals surface area contributed by atoms with Crippen molar-refractivity contribution in [2.45, 2.75) is 19.4 Å². The van der Waals surface area contributed by atoms with Crippen LogP contribution in [0.2, 0.25) is 5.02 Å². The van der Waals surface area contributed by atoms with Crippen LogP contribution in [0, 0.1) is 0 Å². The Morgan fingerprint density at radius 2 is 1.90 bits per heavy atom. The second-order valence-corrected chi connectivity index (χ2v) is 5.09. The highest BCUT2D eigenvalue weighted by atomic mass is 35.5. The Hall–Kier alpha value is -1.51. The molecular formula is C17H20ClNO. The number of benzene rings is 2. The number of rotatable bonds is 6. The van der Waals surface area contributed by atoms with Crippen LogP contribution in [-0.4, -0.2) is 13.7 Å². The van der Waals surface area contributed by atoms with E-state index in [9.17, 15) is 0 Å². The number of nitrogens with one attached hydrogen (secondary N) is 1. The van der Waals surface area contributed by atoms with Crippen molar-refractivity contribution in [3.05, 3.63) is 64.7 Å². The molecule has 0 bridgehead atoms. The molecule has 0 amide bonds. The van der Waals surface area contributed by atoms with Crippen LogP contribution in [0.1, 0.15) is 24.1 Å². The lowest BCUT2D eigenvalue weighted by atomic mass is 9.98. The van der Waals surface area contributed by atoms with Crippen LogP contribution in [0.15, 0.2) is 48.5 Å². The van der Waals surface area contributed by atoms with Crippen LogP contribution in [0.5, 0.6) is 5.75 Å². The van der Waals surface area contributed by atoms with Gasteiger partial charge in [0, 0.05) is 11.1 Å². The summed E-state index contributed by atoms with van der Waals surface area (Å²) in [6.07, 6.45) is 0.917. The minimum absolute atomic E-state index is 0.209. The Bertz CT molecular complexity index is 542. The largest absolute Gasteiger partial charge is 0.497 e. The van der Waals surface area contributed by atoms with Crippen molar-refractivity contribution in [2.24, 2.45) is 0 Å². The molecule has 1 unspecified atom stereocenters. The third kappa shape index (κ3) is 3.75. The minimum Gasteiger partial charge on any atom is -0.497 e. The number of hydrogen-bond acceptors (Lipinski definition) is 2. The van der Waals surface area contributed by atoms with E-state index in [0.29, 0.717) is 0 Å². The standard InChI is InChI=1S/C17H20ClNO/c1-3-19-17(11-13-7-5-4-6-8-13)15-10-9-14(20-2)12-16(15)18/h4-10,12,17,19H,3,11H2,1-2H3. The van der Waals surface area contributed by atoms with E-state index in [0.717, 1.165) is 29.3 Å². The molecule has 2 nitrogen and oxygen atoms in total. The van der Waals surface area contributed by atoms with Gasteiger partial charge in [0.15, 0.2) is 0 Å². The summed E-state index contributed by atoms with van der Waals surface area (Å²) >= 11 is 6.38. The van der Waals surface area contributed by atoms with E-state index in [1.54, 1.807) is 7.11 Å². The Morgan fingerprint density at radius 3 is 2.50 bits per heavy atom. The van der Waals surface area contributed by atoms with E-state index >= 15 is 0 Å². The van der Waals surface area contributed by atoms with E-state index < -0.39 is 0 Å². The van der Waals surface area contributed by atoms with Gasteiger partial charge in [-0.15, -0.1) is 0 Å². The fourth-order valence-electron chi connectivity index (χ4n) is 2.31. The summed E-state index contributed by atoms with van der Waals surface area (Å²) in [6, 6.07) is 16.5. The summed E-state index contributed by atoms with van der Waals surface area (Å²) < 4.78 is 5.20. The lowest BCUT2D eigenvalue weighted by Gasteiger charge is -2.20. The first kappa shape index (κ1) is 14.9. The SMILES string of the molecule is CCNC(Cc1ccccc1)c1ccc(OC)cc1Cl. The van der Waals surface area contributed by atoms with E-state index in [2.05, 4.69) is 36.5 Å². The van der Waals surface area contributed by atoms with Crippen molar-refractivity contribution in [3.8, 4) is 5.75 Å². The molecule has 3 heteroatoms. The second kappa shape index (κ2) is 7.32. The van der Waals surface area contributed by atoms with Crippen LogP contribution in [-0.2, 0) is 6.42 Å². The fraction of sp³-hybridized carbons (Fsp3) is 0.294. The molecule has 106 valence electrons. The summed E-state index contributed by atoms with van der Waals surface area (Å²) in [7, 11) is 1.65. The molecule has 1 atom stereocenters. The first-order valence-electron chi connectivity index (χ1n) is 6.85. The van der Waals surface area contributed by atoms with Gasteiger partial charge in [-0.25, -0.2) is 0 Å². The van der Waals surface area contributed by atoms with Gasteiger partial charge in [-0.05, 0) is 36.2 Å². The first-order valence-corrected chi connectivity index (χ1v) is 7.23. The van der Waals surface area contributed by atoms with Crippen LogP contribution >= 0.6 is 11.6 Å². The highest BCUT2D eigenvalue weighted by Crippen LogP contribution is 2.29. The Morgan fingerprint density at radius 1 is 1.15 bits per heavy atom. The normalized spacial score (nSPS) is 12.2. The lowest BCUT2D eigenvalue weighted by Crippen LogP contribution is -2.23. The Balaban J connectivity index is 2.24. The van der Waals surface area contributed by atoms with Gasteiger partial charge in [-0.1, -0.05) is 54.9 Å². The van der Waals surface area contributed by atoms with Gasteiger partial charge in [0.2, 0.25) is 0 Å². The molecule has 2 aromatic rings. The number of hydrogen-bond donors (Lipinski definition) is 1. The van der Waals surface area contributed by atoms with Gasteiger partial charge in [0.1, 0.15) is 5.75 Å². The van der Waals surface area contributed by atoms with Gasteiger partial charge in [-0.3, -0.25) is 0 Å². The Labute approximate surface area is 125 Å². The molecule has 2 aromatic carbocycles. The molecule has 20 heavy (non-hydrogen) atoms. The maximum atomic E-state index is 6.38. The van der Waals surface area contributed by atoms with Gasteiger partial charge < -0.3 is 10.1 Å².